The maximum absolute atomic E-state index is 11.1. The predicted octanol–water partition coefficient (Wildman–Crippen LogP) is 1.81. The Labute approximate surface area is 108 Å². The van der Waals surface area contributed by atoms with E-state index in [1.807, 2.05) is 11.8 Å². The van der Waals surface area contributed by atoms with Crippen molar-refractivity contribution in [1.82, 2.24) is 4.98 Å². The van der Waals surface area contributed by atoms with Gasteiger partial charge in [-0.05, 0) is 12.8 Å². The number of carboxylic acids is 1. The van der Waals surface area contributed by atoms with Crippen LogP contribution >= 0.6 is 23.1 Å². The number of hydrogen-bond acceptors (Lipinski definition) is 5. The fourth-order valence-electron chi connectivity index (χ4n) is 2.34. The van der Waals surface area contributed by atoms with Crippen LogP contribution in [0.4, 0.5) is 5.13 Å². The lowest BCUT2D eigenvalue weighted by atomic mass is 10.1. The highest BCUT2D eigenvalue weighted by Crippen LogP contribution is 2.39. The molecule has 0 saturated carbocycles. The van der Waals surface area contributed by atoms with E-state index in [-0.39, 0.29) is 5.92 Å². The zero-order chi connectivity index (χ0) is 11.8. The summed E-state index contributed by atoms with van der Waals surface area (Å²) in [7, 11) is 0. The Kier molecular flexibility index (Phi) is 3.00. The van der Waals surface area contributed by atoms with Crippen molar-refractivity contribution >= 4 is 34.2 Å². The molecule has 92 valence electrons. The molecule has 0 radical (unpaired) electrons. The Balaban J connectivity index is 1.84. The summed E-state index contributed by atoms with van der Waals surface area (Å²) in [6, 6.07) is 0. The van der Waals surface area contributed by atoms with Crippen LogP contribution in [0, 0.1) is 0 Å². The number of rotatable bonds is 2. The first-order valence-electron chi connectivity index (χ1n) is 5.81. The third kappa shape index (κ3) is 2.04. The van der Waals surface area contributed by atoms with Gasteiger partial charge in [0.05, 0.1) is 5.69 Å². The van der Waals surface area contributed by atoms with Crippen LogP contribution in [0.1, 0.15) is 22.9 Å². The van der Waals surface area contributed by atoms with Crippen LogP contribution in [0.2, 0.25) is 0 Å². The number of carbonyl (C=O) groups is 1. The highest BCUT2D eigenvalue weighted by molar-refractivity contribution is 7.99. The maximum Gasteiger partial charge on any atom is 0.312 e. The van der Waals surface area contributed by atoms with Crippen LogP contribution in [-0.2, 0) is 11.2 Å². The molecule has 1 unspecified atom stereocenters. The van der Waals surface area contributed by atoms with Crippen LogP contribution in [-0.4, -0.2) is 40.7 Å². The molecule has 0 bridgehead atoms. The number of aromatic nitrogens is 1. The van der Waals surface area contributed by atoms with Crippen molar-refractivity contribution < 1.29 is 9.90 Å². The number of hydrogen-bond donors (Lipinski definition) is 1. The van der Waals surface area contributed by atoms with Crippen molar-refractivity contribution in [2.75, 3.05) is 29.5 Å². The second kappa shape index (κ2) is 4.49. The van der Waals surface area contributed by atoms with Gasteiger partial charge in [0.15, 0.2) is 5.13 Å². The quantitative estimate of drug-likeness (QED) is 0.888. The summed E-state index contributed by atoms with van der Waals surface area (Å²) in [5, 5.41) is 10.2. The van der Waals surface area contributed by atoms with Crippen molar-refractivity contribution in [1.29, 1.82) is 0 Å². The number of thiazole rings is 1. The fraction of sp³-hybridized carbons (Fsp3) is 0.636. The molecular formula is C11H14N2O2S2. The molecule has 1 saturated heterocycles. The molecule has 1 aromatic heterocycles. The SMILES string of the molecule is O=C(O)C1CCc2sc(N3CCSCC3)nc21. The lowest BCUT2D eigenvalue weighted by Crippen LogP contribution is -2.32. The smallest absolute Gasteiger partial charge is 0.312 e. The lowest BCUT2D eigenvalue weighted by Gasteiger charge is -2.25. The Bertz CT molecular complexity index is 441. The molecule has 1 aliphatic heterocycles. The Hall–Kier alpha value is -0.750. The average molecular weight is 270 g/mol. The molecule has 17 heavy (non-hydrogen) atoms. The highest BCUT2D eigenvalue weighted by Gasteiger charge is 2.33. The number of anilines is 1. The first-order valence-corrected chi connectivity index (χ1v) is 7.78. The number of aryl methyl sites for hydroxylation is 1. The van der Waals surface area contributed by atoms with Gasteiger partial charge in [0.2, 0.25) is 0 Å². The van der Waals surface area contributed by atoms with E-state index in [4.69, 9.17) is 5.11 Å². The number of aliphatic carboxylic acids is 1. The minimum atomic E-state index is -0.727. The summed E-state index contributed by atoms with van der Waals surface area (Å²) >= 11 is 3.66. The Morgan fingerprint density at radius 2 is 2.18 bits per heavy atom. The van der Waals surface area contributed by atoms with Gasteiger partial charge in [0.25, 0.3) is 0 Å². The molecule has 2 aliphatic rings. The van der Waals surface area contributed by atoms with Crippen LogP contribution in [0.5, 0.6) is 0 Å². The van der Waals surface area contributed by atoms with Gasteiger partial charge in [0, 0.05) is 29.5 Å². The standard InChI is InChI=1S/C11H14N2O2S2/c14-10(15)7-1-2-8-9(7)12-11(17-8)13-3-5-16-6-4-13/h7H,1-6H2,(H,14,15). The van der Waals surface area contributed by atoms with Gasteiger partial charge in [-0.25, -0.2) is 4.98 Å². The number of thioether (sulfide) groups is 1. The van der Waals surface area contributed by atoms with Crippen molar-refractivity contribution in [3.05, 3.63) is 10.6 Å². The lowest BCUT2D eigenvalue weighted by molar-refractivity contribution is -0.138. The predicted molar refractivity (Wildman–Crippen MR) is 70.3 cm³/mol. The van der Waals surface area contributed by atoms with E-state index in [0.717, 1.165) is 48.3 Å². The molecule has 2 heterocycles. The average Bonchev–Trinajstić information content (AvgIpc) is 2.88. The zero-order valence-corrected chi connectivity index (χ0v) is 11.0. The Morgan fingerprint density at radius 3 is 2.88 bits per heavy atom. The van der Waals surface area contributed by atoms with Gasteiger partial charge in [-0.2, -0.15) is 11.8 Å². The topological polar surface area (TPSA) is 53.4 Å². The van der Waals surface area contributed by atoms with E-state index in [1.54, 1.807) is 11.3 Å². The van der Waals surface area contributed by atoms with E-state index >= 15 is 0 Å². The molecule has 1 N–H and O–H groups in total. The van der Waals surface area contributed by atoms with Crippen LogP contribution < -0.4 is 4.90 Å². The Morgan fingerprint density at radius 1 is 1.41 bits per heavy atom. The molecule has 3 rings (SSSR count). The number of carboxylic acid groups (broad SMARTS) is 1. The van der Waals surface area contributed by atoms with Gasteiger partial charge in [-0.1, -0.05) is 0 Å². The van der Waals surface area contributed by atoms with Crippen molar-refractivity contribution in [3.63, 3.8) is 0 Å². The van der Waals surface area contributed by atoms with Crippen molar-refractivity contribution in [2.45, 2.75) is 18.8 Å². The second-order valence-electron chi connectivity index (χ2n) is 4.33. The van der Waals surface area contributed by atoms with Gasteiger partial charge >= 0.3 is 5.97 Å². The molecule has 0 amide bonds. The third-order valence-electron chi connectivity index (χ3n) is 3.29. The molecule has 6 heteroatoms. The fourth-order valence-corrected chi connectivity index (χ4v) is 4.44. The molecule has 0 spiro atoms. The zero-order valence-electron chi connectivity index (χ0n) is 9.39. The summed E-state index contributed by atoms with van der Waals surface area (Å²) in [5.41, 5.74) is 0.829. The van der Waals surface area contributed by atoms with Crippen molar-refractivity contribution in [2.24, 2.45) is 0 Å². The van der Waals surface area contributed by atoms with E-state index in [2.05, 4.69) is 9.88 Å². The number of fused-ring (bicyclic) bond motifs is 1. The van der Waals surface area contributed by atoms with Crippen molar-refractivity contribution in [3.8, 4) is 0 Å². The molecule has 1 atom stereocenters. The van der Waals surface area contributed by atoms with Gasteiger partial charge in [0.1, 0.15) is 5.92 Å². The van der Waals surface area contributed by atoms with Gasteiger partial charge in [-0.3, -0.25) is 4.79 Å². The largest absolute Gasteiger partial charge is 0.481 e. The highest BCUT2D eigenvalue weighted by atomic mass is 32.2. The second-order valence-corrected chi connectivity index (χ2v) is 6.62. The summed E-state index contributed by atoms with van der Waals surface area (Å²) in [4.78, 5) is 19.1. The molecule has 1 aromatic rings. The minimum absolute atomic E-state index is 0.367. The molecule has 1 fully saturated rings. The minimum Gasteiger partial charge on any atom is -0.481 e. The third-order valence-corrected chi connectivity index (χ3v) is 5.42. The van der Waals surface area contributed by atoms with Gasteiger partial charge < -0.3 is 10.0 Å². The number of nitrogens with zero attached hydrogens (tertiary/aromatic N) is 2. The van der Waals surface area contributed by atoms with E-state index in [0.29, 0.717) is 0 Å². The van der Waals surface area contributed by atoms with E-state index in [9.17, 15) is 4.79 Å². The first kappa shape index (κ1) is 11.3. The van der Waals surface area contributed by atoms with Crippen LogP contribution in [0.25, 0.3) is 0 Å². The molecule has 1 aliphatic carbocycles. The monoisotopic (exact) mass is 270 g/mol. The summed E-state index contributed by atoms with van der Waals surface area (Å²) in [6.07, 6.45) is 1.60. The van der Waals surface area contributed by atoms with E-state index < -0.39 is 5.97 Å². The summed E-state index contributed by atoms with van der Waals surface area (Å²) in [5.74, 6) is 1.20. The first-order chi connectivity index (χ1) is 8.25. The molecule has 4 nitrogen and oxygen atoms in total. The molecular weight excluding hydrogens is 256 g/mol. The maximum atomic E-state index is 11.1. The summed E-state index contributed by atoms with van der Waals surface area (Å²) < 4.78 is 0. The normalized spacial score (nSPS) is 23.8. The summed E-state index contributed by atoms with van der Waals surface area (Å²) in [6.45, 7) is 2.07. The van der Waals surface area contributed by atoms with E-state index in [1.165, 1.54) is 4.88 Å². The van der Waals surface area contributed by atoms with Crippen LogP contribution in [0.3, 0.4) is 0 Å². The van der Waals surface area contributed by atoms with Crippen LogP contribution in [0.15, 0.2) is 0 Å². The molecule has 0 aromatic carbocycles. The van der Waals surface area contributed by atoms with Gasteiger partial charge in [-0.15, -0.1) is 11.3 Å².